The summed E-state index contributed by atoms with van der Waals surface area (Å²) in [6, 6.07) is 1.96. The molecule has 1 aromatic carbocycles. The second-order valence-electron chi connectivity index (χ2n) is 4.09. The Balaban J connectivity index is 0.00000144. The lowest BCUT2D eigenvalue weighted by molar-refractivity contribution is 0.291. The molecule has 1 aliphatic heterocycles. The summed E-state index contributed by atoms with van der Waals surface area (Å²) in [6.07, 6.45) is 0.930. The van der Waals surface area contributed by atoms with Crippen molar-refractivity contribution in [3.05, 3.63) is 17.2 Å². The van der Waals surface area contributed by atoms with Gasteiger partial charge in [0.15, 0.2) is 11.5 Å². The third kappa shape index (κ3) is 2.42. The van der Waals surface area contributed by atoms with Crippen LogP contribution >= 0.6 is 12.4 Å². The van der Waals surface area contributed by atoms with Crippen molar-refractivity contribution in [3.8, 4) is 17.2 Å². The fourth-order valence-corrected chi connectivity index (χ4v) is 2.13. The number of ether oxygens (including phenoxy) is 2. The first kappa shape index (κ1) is 13.9. The van der Waals surface area contributed by atoms with E-state index < -0.39 is 0 Å². The van der Waals surface area contributed by atoms with Crippen LogP contribution in [-0.2, 0) is 13.0 Å². The van der Waals surface area contributed by atoms with Crippen LogP contribution in [0.4, 0.5) is 0 Å². The molecule has 0 radical (unpaired) electrons. The number of aromatic hydroxyl groups is 1. The fourth-order valence-electron chi connectivity index (χ4n) is 2.13. The zero-order valence-electron chi connectivity index (χ0n) is 10.3. The summed E-state index contributed by atoms with van der Waals surface area (Å²) in [5.41, 5.74) is 2.10. The maximum absolute atomic E-state index is 10.1. The lowest BCUT2D eigenvalue weighted by Gasteiger charge is -2.27. The van der Waals surface area contributed by atoms with Gasteiger partial charge in [-0.15, -0.1) is 12.4 Å². The normalized spacial score (nSPS) is 14.8. The molecule has 0 unspecified atom stereocenters. The van der Waals surface area contributed by atoms with Crippen LogP contribution in [0, 0.1) is 0 Å². The quantitative estimate of drug-likeness (QED) is 0.880. The van der Waals surface area contributed by atoms with Crippen LogP contribution in [0.5, 0.6) is 17.2 Å². The van der Waals surface area contributed by atoms with Gasteiger partial charge < -0.3 is 19.5 Å². The minimum atomic E-state index is 0. The number of nitrogens with zero attached hydrogens (tertiary/aromatic N) is 1. The third-order valence-electron chi connectivity index (χ3n) is 3.03. The third-order valence-corrected chi connectivity index (χ3v) is 3.03. The van der Waals surface area contributed by atoms with Gasteiger partial charge in [0.05, 0.1) is 14.2 Å². The molecule has 2 rings (SSSR count). The maximum Gasteiger partial charge on any atom is 0.203 e. The summed E-state index contributed by atoms with van der Waals surface area (Å²) in [5, 5.41) is 10.1. The van der Waals surface area contributed by atoms with Crippen LogP contribution in [0.15, 0.2) is 6.07 Å². The van der Waals surface area contributed by atoms with Gasteiger partial charge in [-0.05, 0) is 25.1 Å². The second-order valence-corrected chi connectivity index (χ2v) is 4.09. The number of hydrogen-bond donors (Lipinski definition) is 1. The first-order chi connectivity index (χ1) is 7.67. The van der Waals surface area contributed by atoms with Gasteiger partial charge in [-0.2, -0.15) is 0 Å². The summed E-state index contributed by atoms with van der Waals surface area (Å²) >= 11 is 0. The van der Waals surface area contributed by atoms with Gasteiger partial charge in [0, 0.05) is 18.7 Å². The Morgan fingerprint density at radius 3 is 2.59 bits per heavy atom. The average molecular weight is 260 g/mol. The van der Waals surface area contributed by atoms with Crippen molar-refractivity contribution in [2.75, 3.05) is 27.8 Å². The summed E-state index contributed by atoms with van der Waals surface area (Å²) in [5.74, 6) is 1.24. The van der Waals surface area contributed by atoms with Gasteiger partial charge in [0.2, 0.25) is 5.75 Å². The highest BCUT2D eigenvalue weighted by Crippen LogP contribution is 2.42. The zero-order chi connectivity index (χ0) is 11.7. The van der Waals surface area contributed by atoms with E-state index in [0.717, 1.165) is 30.6 Å². The minimum Gasteiger partial charge on any atom is -0.504 e. The largest absolute Gasteiger partial charge is 0.504 e. The molecule has 1 aliphatic rings. The number of methoxy groups -OCH3 is 2. The highest BCUT2D eigenvalue weighted by atomic mass is 35.5. The van der Waals surface area contributed by atoms with Crippen LogP contribution in [0.1, 0.15) is 11.1 Å². The standard InChI is InChI=1S/C12H17NO3.ClH/c1-13-5-4-8-6-10(15-2)12(16-3)11(14)9(8)7-13;/h6,14H,4-5,7H2,1-3H3;1H. The Kier molecular flexibility index (Phi) is 4.48. The number of phenolic OH excluding ortho intramolecular Hbond substituents is 1. The molecule has 0 fully saturated rings. The van der Waals surface area contributed by atoms with E-state index in [-0.39, 0.29) is 18.2 Å². The molecule has 0 spiro atoms. The molecule has 1 heterocycles. The van der Waals surface area contributed by atoms with Crippen LogP contribution in [0.2, 0.25) is 0 Å². The van der Waals surface area contributed by atoms with Crippen LogP contribution in [0.3, 0.4) is 0 Å². The molecule has 0 aromatic heterocycles. The molecular weight excluding hydrogens is 242 g/mol. The number of phenols is 1. The molecule has 4 nitrogen and oxygen atoms in total. The lowest BCUT2D eigenvalue weighted by atomic mass is 9.98. The van der Waals surface area contributed by atoms with Crippen LogP contribution < -0.4 is 9.47 Å². The van der Waals surface area contributed by atoms with E-state index in [2.05, 4.69) is 4.90 Å². The molecule has 0 aliphatic carbocycles. The predicted octanol–water partition coefficient (Wildman–Crippen LogP) is 1.82. The number of fused-ring (bicyclic) bond motifs is 1. The Morgan fingerprint density at radius 1 is 1.29 bits per heavy atom. The molecule has 0 atom stereocenters. The molecule has 0 saturated heterocycles. The van der Waals surface area contributed by atoms with Crippen molar-refractivity contribution in [2.24, 2.45) is 0 Å². The van der Waals surface area contributed by atoms with Crippen LogP contribution in [-0.4, -0.2) is 37.8 Å². The summed E-state index contributed by atoms with van der Waals surface area (Å²) in [7, 11) is 5.16. The van der Waals surface area contributed by atoms with E-state index in [1.165, 1.54) is 7.11 Å². The SMILES string of the molecule is COc1cc2c(c(O)c1OC)CN(C)CC2.Cl. The maximum atomic E-state index is 10.1. The average Bonchev–Trinajstić information content (AvgIpc) is 2.29. The van der Waals surface area contributed by atoms with Crippen molar-refractivity contribution in [3.63, 3.8) is 0 Å². The van der Waals surface area contributed by atoms with E-state index in [1.54, 1.807) is 7.11 Å². The predicted molar refractivity (Wildman–Crippen MR) is 68.5 cm³/mol. The van der Waals surface area contributed by atoms with Gasteiger partial charge in [-0.25, -0.2) is 0 Å². The molecule has 0 bridgehead atoms. The van der Waals surface area contributed by atoms with E-state index in [0.29, 0.717) is 11.5 Å². The Bertz CT molecular complexity index is 409. The Labute approximate surface area is 108 Å². The molecule has 5 heteroatoms. The van der Waals surface area contributed by atoms with Crippen molar-refractivity contribution >= 4 is 12.4 Å². The number of hydrogen-bond acceptors (Lipinski definition) is 4. The highest BCUT2D eigenvalue weighted by molar-refractivity contribution is 5.85. The van der Waals surface area contributed by atoms with Crippen LogP contribution in [0.25, 0.3) is 0 Å². The van der Waals surface area contributed by atoms with Gasteiger partial charge in [0.25, 0.3) is 0 Å². The van der Waals surface area contributed by atoms with E-state index in [1.807, 2.05) is 13.1 Å². The topological polar surface area (TPSA) is 41.9 Å². The van der Waals surface area contributed by atoms with Crippen molar-refractivity contribution in [1.82, 2.24) is 4.90 Å². The number of halogens is 1. The second kappa shape index (κ2) is 5.47. The fraction of sp³-hybridized carbons (Fsp3) is 0.500. The molecule has 1 aromatic rings. The van der Waals surface area contributed by atoms with E-state index in [4.69, 9.17) is 9.47 Å². The molecular formula is C12H18ClNO3. The number of rotatable bonds is 2. The van der Waals surface area contributed by atoms with Gasteiger partial charge in [-0.1, -0.05) is 0 Å². The lowest BCUT2D eigenvalue weighted by Crippen LogP contribution is -2.26. The van der Waals surface area contributed by atoms with Crippen molar-refractivity contribution < 1.29 is 14.6 Å². The van der Waals surface area contributed by atoms with Crippen molar-refractivity contribution in [2.45, 2.75) is 13.0 Å². The van der Waals surface area contributed by atoms with Gasteiger partial charge in [0.1, 0.15) is 0 Å². The highest BCUT2D eigenvalue weighted by Gasteiger charge is 2.22. The number of likely N-dealkylation sites (N-methyl/N-ethyl adjacent to an activating group) is 1. The minimum absolute atomic E-state index is 0. The first-order valence-electron chi connectivity index (χ1n) is 5.31. The molecule has 96 valence electrons. The molecule has 17 heavy (non-hydrogen) atoms. The van der Waals surface area contributed by atoms with Crippen molar-refractivity contribution in [1.29, 1.82) is 0 Å². The number of benzene rings is 1. The zero-order valence-corrected chi connectivity index (χ0v) is 11.1. The summed E-state index contributed by atoms with van der Waals surface area (Å²) in [6.45, 7) is 1.75. The Hall–Kier alpha value is -1.13. The van der Waals surface area contributed by atoms with E-state index >= 15 is 0 Å². The summed E-state index contributed by atoms with van der Waals surface area (Å²) in [4.78, 5) is 2.17. The monoisotopic (exact) mass is 259 g/mol. The first-order valence-corrected chi connectivity index (χ1v) is 5.31. The Morgan fingerprint density at radius 2 is 2.00 bits per heavy atom. The van der Waals surface area contributed by atoms with E-state index in [9.17, 15) is 5.11 Å². The smallest absolute Gasteiger partial charge is 0.203 e. The molecule has 1 N–H and O–H groups in total. The summed E-state index contributed by atoms with van der Waals surface area (Å²) < 4.78 is 10.4. The molecule has 0 saturated carbocycles. The van der Waals surface area contributed by atoms with Gasteiger partial charge >= 0.3 is 0 Å². The van der Waals surface area contributed by atoms with Gasteiger partial charge in [-0.3, -0.25) is 0 Å². The molecule has 0 amide bonds.